The average Bonchev–Trinajstić information content (AvgIpc) is 2.55. The largest absolute Gasteiger partial charge is 0.392 e. The van der Waals surface area contributed by atoms with Crippen LogP contribution >= 0.6 is 24.8 Å². The van der Waals surface area contributed by atoms with E-state index >= 15 is 0 Å². The molecule has 0 bridgehead atoms. The van der Waals surface area contributed by atoms with Gasteiger partial charge in [0.2, 0.25) is 0 Å². The van der Waals surface area contributed by atoms with Crippen LogP contribution in [0, 0.1) is 5.92 Å². The van der Waals surface area contributed by atoms with Gasteiger partial charge >= 0.3 is 0 Å². The van der Waals surface area contributed by atoms with E-state index in [4.69, 9.17) is 0 Å². The SMILES string of the molecule is Cl.Cl.O[C@H]1CN[C@H](C2CCNC2)C1. The van der Waals surface area contributed by atoms with E-state index in [-0.39, 0.29) is 30.9 Å². The second-order valence-electron chi connectivity index (χ2n) is 3.66. The van der Waals surface area contributed by atoms with Gasteiger partial charge in [-0.3, -0.25) is 0 Å². The van der Waals surface area contributed by atoms with Gasteiger partial charge in [-0.15, -0.1) is 24.8 Å². The predicted octanol–water partition coefficient (Wildman–Crippen LogP) is 0.162. The number of hydrogen-bond acceptors (Lipinski definition) is 3. The molecule has 2 rings (SSSR count). The molecule has 0 aromatic carbocycles. The van der Waals surface area contributed by atoms with Crippen molar-refractivity contribution in [3.63, 3.8) is 0 Å². The molecule has 0 aromatic rings. The van der Waals surface area contributed by atoms with Gasteiger partial charge in [0.15, 0.2) is 0 Å². The Morgan fingerprint density at radius 3 is 2.38 bits per heavy atom. The third kappa shape index (κ3) is 3.26. The molecule has 1 unspecified atom stereocenters. The standard InChI is InChI=1S/C8H16N2O.2ClH/c11-7-3-8(10-5-7)6-1-2-9-4-6;;/h6-11H,1-5H2;2*1H/t6?,7-,8+;;/m1../s1. The molecular weight excluding hydrogens is 211 g/mol. The number of β-amino-alcohol motifs (C(OH)–C–C–N with tert-alkyl or cyclic N) is 1. The van der Waals surface area contributed by atoms with Gasteiger partial charge in [-0.1, -0.05) is 0 Å². The fraction of sp³-hybridized carbons (Fsp3) is 1.00. The van der Waals surface area contributed by atoms with Crippen LogP contribution in [0.1, 0.15) is 12.8 Å². The zero-order valence-corrected chi connectivity index (χ0v) is 9.16. The molecule has 0 amide bonds. The number of aliphatic hydroxyl groups is 1. The van der Waals surface area contributed by atoms with Crippen molar-refractivity contribution in [2.75, 3.05) is 19.6 Å². The van der Waals surface area contributed by atoms with E-state index in [2.05, 4.69) is 10.6 Å². The Morgan fingerprint density at radius 1 is 1.15 bits per heavy atom. The van der Waals surface area contributed by atoms with Crippen LogP contribution in [-0.2, 0) is 0 Å². The number of rotatable bonds is 1. The lowest BCUT2D eigenvalue weighted by molar-refractivity contribution is 0.190. The van der Waals surface area contributed by atoms with Crippen molar-refractivity contribution in [2.24, 2.45) is 5.92 Å². The number of nitrogens with one attached hydrogen (secondary N) is 2. The molecule has 0 spiro atoms. The molecule has 2 saturated heterocycles. The summed E-state index contributed by atoms with van der Waals surface area (Å²) in [6.45, 7) is 3.07. The van der Waals surface area contributed by atoms with Crippen LogP contribution in [0.25, 0.3) is 0 Å². The molecule has 3 N–H and O–H groups in total. The van der Waals surface area contributed by atoms with Gasteiger partial charge in [0.1, 0.15) is 0 Å². The Hall–Kier alpha value is 0.460. The van der Waals surface area contributed by atoms with Crippen molar-refractivity contribution in [1.29, 1.82) is 0 Å². The summed E-state index contributed by atoms with van der Waals surface area (Å²) in [6.07, 6.45) is 2.12. The minimum atomic E-state index is -0.0967. The molecule has 80 valence electrons. The minimum absolute atomic E-state index is 0. The summed E-state index contributed by atoms with van der Waals surface area (Å²) in [5.74, 6) is 0.757. The van der Waals surface area contributed by atoms with Crippen LogP contribution in [0.5, 0.6) is 0 Å². The Kier molecular flexibility index (Phi) is 6.25. The third-order valence-corrected chi connectivity index (χ3v) is 2.81. The zero-order chi connectivity index (χ0) is 7.68. The van der Waals surface area contributed by atoms with Crippen molar-refractivity contribution >= 4 is 24.8 Å². The zero-order valence-electron chi connectivity index (χ0n) is 7.53. The van der Waals surface area contributed by atoms with E-state index in [0.717, 1.165) is 32.0 Å². The predicted molar refractivity (Wildman–Crippen MR) is 57.9 cm³/mol. The van der Waals surface area contributed by atoms with E-state index in [1.165, 1.54) is 6.42 Å². The maximum atomic E-state index is 9.28. The molecule has 2 aliphatic heterocycles. The minimum Gasteiger partial charge on any atom is -0.392 e. The number of hydrogen-bond donors (Lipinski definition) is 3. The first-order valence-corrected chi connectivity index (χ1v) is 4.48. The van der Waals surface area contributed by atoms with Crippen molar-refractivity contribution in [3.05, 3.63) is 0 Å². The van der Waals surface area contributed by atoms with Gasteiger partial charge in [-0.25, -0.2) is 0 Å². The van der Waals surface area contributed by atoms with Gasteiger partial charge < -0.3 is 15.7 Å². The highest BCUT2D eigenvalue weighted by Crippen LogP contribution is 2.20. The lowest BCUT2D eigenvalue weighted by Gasteiger charge is -2.16. The van der Waals surface area contributed by atoms with Gasteiger partial charge in [0, 0.05) is 12.6 Å². The van der Waals surface area contributed by atoms with E-state index in [1.807, 2.05) is 0 Å². The molecule has 5 heteroatoms. The highest BCUT2D eigenvalue weighted by molar-refractivity contribution is 5.85. The third-order valence-electron chi connectivity index (χ3n) is 2.81. The number of halogens is 2. The Bertz CT molecular complexity index is 142. The van der Waals surface area contributed by atoms with Crippen LogP contribution in [0.3, 0.4) is 0 Å². The summed E-state index contributed by atoms with van der Waals surface area (Å²) >= 11 is 0. The normalized spacial score (nSPS) is 38.1. The molecular formula is C8H18Cl2N2O. The first-order chi connectivity index (χ1) is 5.36. The first kappa shape index (κ1) is 13.5. The van der Waals surface area contributed by atoms with Crippen LogP contribution in [-0.4, -0.2) is 36.9 Å². The quantitative estimate of drug-likeness (QED) is 0.600. The fourth-order valence-corrected chi connectivity index (χ4v) is 2.13. The van der Waals surface area contributed by atoms with Crippen molar-refractivity contribution in [3.8, 4) is 0 Å². The molecule has 2 aliphatic rings. The van der Waals surface area contributed by atoms with Crippen LogP contribution < -0.4 is 10.6 Å². The molecule has 2 heterocycles. The van der Waals surface area contributed by atoms with E-state index in [9.17, 15) is 5.11 Å². The fourth-order valence-electron chi connectivity index (χ4n) is 2.13. The van der Waals surface area contributed by atoms with Gasteiger partial charge in [0.25, 0.3) is 0 Å². The number of aliphatic hydroxyl groups excluding tert-OH is 1. The Morgan fingerprint density at radius 2 is 1.92 bits per heavy atom. The molecule has 2 fully saturated rings. The van der Waals surface area contributed by atoms with Gasteiger partial charge in [-0.05, 0) is 31.8 Å². The highest BCUT2D eigenvalue weighted by atomic mass is 35.5. The summed E-state index contributed by atoms with van der Waals surface area (Å²) in [7, 11) is 0. The monoisotopic (exact) mass is 228 g/mol. The second-order valence-corrected chi connectivity index (χ2v) is 3.66. The van der Waals surface area contributed by atoms with Gasteiger partial charge in [0.05, 0.1) is 6.10 Å². The summed E-state index contributed by atoms with van der Waals surface area (Å²) in [5.41, 5.74) is 0. The van der Waals surface area contributed by atoms with Crippen molar-refractivity contribution in [2.45, 2.75) is 25.0 Å². The van der Waals surface area contributed by atoms with Crippen LogP contribution in [0.4, 0.5) is 0 Å². The molecule has 3 nitrogen and oxygen atoms in total. The molecule has 3 atom stereocenters. The first-order valence-electron chi connectivity index (χ1n) is 4.48. The summed E-state index contributed by atoms with van der Waals surface area (Å²) in [6, 6.07) is 0.569. The van der Waals surface area contributed by atoms with Crippen molar-refractivity contribution in [1.82, 2.24) is 10.6 Å². The Balaban J connectivity index is 0.000000720. The molecule has 0 saturated carbocycles. The van der Waals surface area contributed by atoms with Gasteiger partial charge in [-0.2, -0.15) is 0 Å². The smallest absolute Gasteiger partial charge is 0.0679 e. The lowest BCUT2D eigenvalue weighted by atomic mass is 9.97. The average molecular weight is 229 g/mol. The molecule has 0 radical (unpaired) electrons. The molecule has 0 aromatic heterocycles. The van der Waals surface area contributed by atoms with E-state index < -0.39 is 0 Å². The van der Waals surface area contributed by atoms with E-state index in [1.54, 1.807) is 0 Å². The van der Waals surface area contributed by atoms with Crippen molar-refractivity contribution < 1.29 is 5.11 Å². The van der Waals surface area contributed by atoms with Crippen LogP contribution in [0.15, 0.2) is 0 Å². The summed E-state index contributed by atoms with van der Waals surface area (Å²) in [5, 5.41) is 16.0. The maximum absolute atomic E-state index is 9.28. The molecule has 0 aliphatic carbocycles. The van der Waals surface area contributed by atoms with Crippen LogP contribution in [0.2, 0.25) is 0 Å². The highest BCUT2D eigenvalue weighted by Gasteiger charge is 2.30. The summed E-state index contributed by atoms with van der Waals surface area (Å²) < 4.78 is 0. The topological polar surface area (TPSA) is 44.3 Å². The Labute approximate surface area is 91.5 Å². The summed E-state index contributed by atoms with van der Waals surface area (Å²) in [4.78, 5) is 0. The lowest BCUT2D eigenvalue weighted by Crippen LogP contribution is -2.31. The molecule has 13 heavy (non-hydrogen) atoms. The van der Waals surface area contributed by atoms with E-state index in [0.29, 0.717) is 6.04 Å². The maximum Gasteiger partial charge on any atom is 0.0679 e. The second kappa shape index (κ2) is 6.04.